The molecule has 0 saturated carbocycles. The van der Waals surface area contributed by atoms with E-state index in [0.29, 0.717) is 30.0 Å². The molecule has 2 atom stereocenters. The number of amides is 1. The number of aliphatic hydroxyl groups is 1. The van der Waals surface area contributed by atoms with Gasteiger partial charge in [0.2, 0.25) is 0 Å². The summed E-state index contributed by atoms with van der Waals surface area (Å²) in [5.74, 6) is 1.37. The number of benzene rings is 3. The van der Waals surface area contributed by atoms with Gasteiger partial charge in [0.15, 0.2) is 5.56 Å². The van der Waals surface area contributed by atoms with Crippen LogP contribution in [0, 0.1) is 0 Å². The lowest BCUT2D eigenvalue weighted by Crippen LogP contribution is -2.37. The van der Waals surface area contributed by atoms with Gasteiger partial charge in [-0.3, -0.25) is 9.69 Å². The average Bonchev–Trinajstić information content (AvgIpc) is 3.13. The summed E-state index contributed by atoms with van der Waals surface area (Å²) in [6.45, 7) is 0.935. The molecule has 4 rings (SSSR count). The molecular formula is C24H24FN3O3S. The maximum Gasteiger partial charge on any atom is 0.254 e. The molecule has 1 amide bonds. The number of carbonyl (C=O) groups excluding carboxylic acids is 1. The molecular weight excluding hydrogens is 429 g/mol. The fourth-order valence-corrected chi connectivity index (χ4v) is 3.94. The van der Waals surface area contributed by atoms with Crippen molar-refractivity contribution >= 4 is 18.1 Å². The van der Waals surface area contributed by atoms with Gasteiger partial charge in [0.25, 0.3) is 5.91 Å². The summed E-state index contributed by atoms with van der Waals surface area (Å²) in [5.41, 5.74) is 7.83. The molecule has 32 heavy (non-hydrogen) atoms. The van der Waals surface area contributed by atoms with E-state index in [9.17, 15) is 13.8 Å². The molecule has 8 heteroatoms. The van der Waals surface area contributed by atoms with E-state index in [1.54, 1.807) is 17.0 Å². The number of hydrogen-bond acceptors (Lipinski definition) is 6. The lowest BCUT2D eigenvalue weighted by molar-refractivity contribution is 0.0623. The van der Waals surface area contributed by atoms with Gasteiger partial charge in [-0.1, -0.05) is 42.5 Å². The minimum absolute atomic E-state index is 0.0912. The van der Waals surface area contributed by atoms with Crippen molar-refractivity contribution in [3.8, 4) is 11.5 Å². The second kappa shape index (κ2) is 9.70. The van der Waals surface area contributed by atoms with Crippen LogP contribution in [0.15, 0.2) is 72.8 Å². The quantitative estimate of drug-likeness (QED) is 0.492. The Morgan fingerprint density at radius 3 is 2.62 bits per heavy atom. The van der Waals surface area contributed by atoms with E-state index in [1.807, 2.05) is 60.7 Å². The van der Waals surface area contributed by atoms with Crippen LogP contribution < -0.4 is 10.5 Å². The molecule has 0 spiro atoms. The number of aliphatic hydroxyl groups excluding tert-OH is 1. The van der Waals surface area contributed by atoms with E-state index >= 15 is 0 Å². The summed E-state index contributed by atoms with van der Waals surface area (Å²) in [5, 5.41) is 9.67. The summed E-state index contributed by atoms with van der Waals surface area (Å²) in [6.07, 6.45) is -0.743. The number of fused-ring (bicyclic) bond motifs is 1. The highest BCUT2D eigenvalue weighted by Gasteiger charge is 2.29. The van der Waals surface area contributed by atoms with Crippen LogP contribution in [0.5, 0.6) is 11.5 Å². The molecule has 3 aromatic rings. The Kier molecular flexibility index (Phi) is 6.76. The molecule has 1 aliphatic rings. The molecule has 0 bridgehead atoms. The number of halogens is 1. The van der Waals surface area contributed by atoms with Gasteiger partial charge in [-0.05, 0) is 54.1 Å². The first-order valence-electron chi connectivity index (χ1n) is 10.1. The van der Waals surface area contributed by atoms with Crippen LogP contribution in [0.4, 0.5) is 3.89 Å². The van der Waals surface area contributed by atoms with Crippen molar-refractivity contribution in [2.24, 2.45) is 5.73 Å². The summed E-state index contributed by atoms with van der Waals surface area (Å²) >= 11 is -0.199. The summed E-state index contributed by atoms with van der Waals surface area (Å²) in [6, 6.07) is 22.6. The topological polar surface area (TPSA) is 79.0 Å². The molecule has 166 valence electrons. The van der Waals surface area contributed by atoms with Gasteiger partial charge in [-0.25, -0.2) is 0 Å². The van der Waals surface area contributed by atoms with E-state index in [1.165, 1.54) is 11.9 Å². The zero-order chi connectivity index (χ0) is 22.7. The number of ether oxygens (including phenoxy) is 1. The Bertz CT molecular complexity index is 1100. The largest absolute Gasteiger partial charge is 0.457 e. The first-order chi connectivity index (χ1) is 15.5. The molecule has 0 aliphatic carbocycles. The van der Waals surface area contributed by atoms with Gasteiger partial charge in [-0.15, -0.1) is 0 Å². The first kappa shape index (κ1) is 22.3. The monoisotopic (exact) mass is 453 g/mol. The van der Waals surface area contributed by atoms with Crippen molar-refractivity contribution in [2.75, 3.05) is 7.05 Å². The van der Waals surface area contributed by atoms with Gasteiger partial charge < -0.3 is 20.5 Å². The fraction of sp³-hybridized carbons (Fsp3) is 0.208. The maximum atomic E-state index is 13.0. The summed E-state index contributed by atoms with van der Waals surface area (Å²) < 4.78 is 18.6. The highest BCUT2D eigenvalue weighted by molar-refractivity contribution is 7.94. The van der Waals surface area contributed by atoms with E-state index in [2.05, 4.69) is 0 Å². The van der Waals surface area contributed by atoms with E-state index in [4.69, 9.17) is 10.5 Å². The number of nitrogens with two attached hydrogens (primary N) is 1. The molecule has 2 unspecified atom stereocenters. The highest BCUT2D eigenvalue weighted by atomic mass is 32.2. The lowest BCUT2D eigenvalue weighted by Gasteiger charge is -2.27. The molecule has 0 fully saturated rings. The van der Waals surface area contributed by atoms with Crippen LogP contribution in [0.1, 0.15) is 33.2 Å². The van der Waals surface area contributed by atoms with Crippen LogP contribution in [-0.4, -0.2) is 33.4 Å². The summed E-state index contributed by atoms with van der Waals surface area (Å²) in [7, 11) is 1.52. The first-order valence-corrected chi connectivity index (χ1v) is 10.9. The van der Waals surface area contributed by atoms with Crippen molar-refractivity contribution in [1.29, 1.82) is 0 Å². The lowest BCUT2D eigenvalue weighted by atomic mass is 10.0. The third-order valence-corrected chi connectivity index (χ3v) is 5.96. The normalized spacial score (nSPS) is 15.0. The third-order valence-electron chi connectivity index (χ3n) is 5.47. The van der Waals surface area contributed by atoms with Gasteiger partial charge in [-0.2, -0.15) is 3.89 Å². The maximum absolute atomic E-state index is 13.0. The van der Waals surface area contributed by atoms with E-state index in [0.717, 1.165) is 16.9 Å². The molecule has 0 aromatic heterocycles. The number of para-hydroxylation sites is 1. The molecule has 1 aliphatic heterocycles. The van der Waals surface area contributed by atoms with Crippen molar-refractivity contribution in [1.82, 2.24) is 9.80 Å². The number of hydrogen-bond donors (Lipinski definition) is 2. The Morgan fingerprint density at radius 2 is 1.88 bits per heavy atom. The summed E-state index contributed by atoms with van der Waals surface area (Å²) in [4.78, 5) is 16.1. The zero-order valence-electron chi connectivity index (χ0n) is 17.5. The number of carbonyl (C=O) groups is 1. The van der Waals surface area contributed by atoms with Crippen molar-refractivity contribution in [3.05, 3.63) is 95.1 Å². The second-order valence-electron chi connectivity index (χ2n) is 7.67. The fourth-order valence-electron chi connectivity index (χ4n) is 3.68. The molecule has 0 saturated heterocycles. The minimum atomic E-state index is -1.38. The van der Waals surface area contributed by atoms with Crippen LogP contribution in [0.2, 0.25) is 0 Å². The SMILES string of the molecule is CN(C(O)SF)C(N)c1ccc2c(c1)C(=O)N(Cc1cccc(Oc3ccccc3)c1)C2. The Hall–Kier alpha value is -2.91. The van der Waals surface area contributed by atoms with Gasteiger partial charge in [0, 0.05) is 18.7 Å². The van der Waals surface area contributed by atoms with Crippen molar-refractivity contribution < 1.29 is 18.5 Å². The highest BCUT2D eigenvalue weighted by Crippen LogP contribution is 2.30. The van der Waals surface area contributed by atoms with Gasteiger partial charge in [0.05, 0.1) is 18.3 Å². The Labute approximate surface area is 190 Å². The molecule has 3 N–H and O–H groups in total. The van der Waals surface area contributed by atoms with Gasteiger partial charge >= 0.3 is 0 Å². The van der Waals surface area contributed by atoms with E-state index < -0.39 is 11.7 Å². The van der Waals surface area contributed by atoms with Crippen LogP contribution in [0.3, 0.4) is 0 Å². The molecule has 0 radical (unpaired) electrons. The molecule has 1 heterocycles. The second-order valence-corrected chi connectivity index (χ2v) is 8.27. The third kappa shape index (κ3) is 4.78. The molecule has 3 aromatic carbocycles. The zero-order valence-corrected chi connectivity index (χ0v) is 18.3. The van der Waals surface area contributed by atoms with E-state index in [-0.39, 0.29) is 18.1 Å². The van der Waals surface area contributed by atoms with Crippen LogP contribution >= 0.6 is 12.1 Å². The predicted molar refractivity (Wildman–Crippen MR) is 122 cm³/mol. The average molecular weight is 454 g/mol. The van der Waals surface area contributed by atoms with Crippen LogP contribution in [-0.2, 0) is 13.1 Å². The standard InChI is InChI=1S/C24H24FN3O3S/c1-27(24(30)32-25)22(26)17-10-11-18-15-28(23(29)21(18)13-17)14-16-6-5-9-20(12-16)31-19-7-3-2-4-8-19/h2-13,22,24,30H,14-15,26H2,1H3. The number of nitrogens with zero attached hydrogens (tertiary/aromatic N) is 2. The smallest absolute Gasteiger partial charge is 0.254 e. The number of rotatable bonds is 8. The van der Waals surface area contributed by atoms with Crippen LogP contribution in [0.25, 0.3) is 0 Å². The molecule has 6 nitrogen and oxygen atoms in total. The predicted octanol–water partition coefficient (Wildman–Crippen LogP) is 4.42. The van der Waals surface area contributed by atoms with Crippen molar-refractivity contribution in [3.63, 3.8) is 0 Å². The Morgan fingerprint density at radius 1 is 1.12 bits per heavy atom. The minimum Gasteiger partial charge on any atom is -0.457 e. The van der Waals surface area contributed by atoms with Gasteiger partial charge in [0.1, 0.15) is 11.5 Å². The Balaban J connectivity index is 1.47. The van der Waals surface area contributed by atoms with Crippen molar-refractivity contribution in [2.45, 2.75) is 24.8 Å².